The van der Waals surface area contributed by atoms with Crippen molar-refractivity contribution in [3.05, 3.63) is 28.8 Å². The highest BCUT2D eigenvalue weighted by Crippen LogP contribution is 2.23. The monoisotopic (exact) mass is 378 g/mol. The molecule has 2 rings (SSSR count). The number of halogens is 1. The van der Waals surface area contributed by atoms with Crippen molar-refractivity contribution in [3.8, 4) is 0 Å². The number of benzene rings is 1. The quantitative estimate of drug-likeness (QED) is 0.679. The van der Waals surface area contributed by atoms with Gasteiger partial charge in [-0.05, 0) is 37.5 Å². The maximum Gasteiger partial charge on any atom is 0.313 e. The molecule has 0 unspecified atom stereocenters. The van der Waals surface area contributed by atoms with Gasteiger partial charge in [-0.15, -0.1) is 0 Å². The zero-order valence-corrected chi connectivity index (χ0v) is 16.5. The van der Waals surface area contributed by atoms with Crippen LogP contribution in [0.5, 0.6) is 0 Å². The predicted molar refractivity (Wildman–Crippen MR) is 108 cm³/mol. The van der Waals surface area contributed by atoms with Gasteiger partial charge < -0.3 is 10.6 Å². The van der Waals surface area contributed by atoms with Crippen LogP contribution in [0.25, 0.3) is 0 Å². The van der Waals surface area contributed by atoms with Gasteiger partial charge >= 0.3 is 11.8 Å². The molecule has 1 aliphatic carbocycles. The topological polar surface area (TPSA) is 58.2 Å². The molecule has 4 nitrogen and oxygen atoms in total. The number of hydrogen-bond acceptors (Lipinski definition) is 2. The summed E-state index contributed by atoms with van der Waals surface area (Å²) < 4.78 is 0. The van der Waals surface area contributed by atoms with Crippen LogP contribution in [0.3, 0.4) is 0 Å². The average molecular weight is 379 g/mol. The van der Waals surface area contributed by atoms with E-state index in [4.69, 9.17) is 11.6 Å². The first-order chi connectivity index (χ1) is 12.6. The van der Waals surface area contributed by atoms with Gasteiger partial charge in [-0.2, -0.15) is 0 Å². The second-order valence-electron chi connectivity index (χ2n) is 7.30. The zero-order chi connectivity index (χ0) is 18.8. The highest BCUT2D eigenvalue weighted by atomic mass is 35.5. The van der Waals surface area contributed by atoms with E-state index in [0.29, 0.717) is 10.7 Å². The molecule has 2 N–H and O–H groups in total. The van der Waals surface area contributed by atoms with Crippen molar-refractivity contribution < 1.29 is 9.59 Å². The van der Waals surface area contributed by atoms with Gasteiger partial charge in [0.2, 0.25) is 0 Å². The van der Waals surface area contributed by atoms with Crippen LogP contribution in [0.2, 0.25) is 5.02 Å². The van der Waals surface area contributed by atoms with Gasteiger partial charge in [-0.25, -0.2) is 0 Å². The molecule has 144 valence electrons. The summed E-state index contributed by atoms with van der Waals surface area (Å²) in [6.45, 7) is 1.82. The molecule has 0 bridgehead atoms. The van der Waals surface area contributed by atoms with Crippen molar-refractivity contribution in [1.29, 1.82) is 0 Å². The molecular formula is C21H31ClN2O2. The van der Waals surface area contributed by atoms with Gasteiger partial charge in [0.1, 0.15) is 0 Å². The summed E-state index contributed by atoms with van der Waals surface area (Å²) in [6, 6.07) is 5.36. The standard InChI is InChI=1S/C21H31ClN2O2/c1-16-18(22)14-11-15-19(16)24-21(26)20(25)23-17-12-9-7-5-3-2-4-6-8-10-13-17/h11,14-15,17H,2-10,12-13H2,1H3,(H,23,25)(H,24,26). The van der Waals surface area contributed by atoms with Crippen molar-refractivity contribution in [2.75, 3.05) is 5.32 Å². The highest BCUT2D eigenvalue weighted by Gasteiger charge is 2.19. The minimum atomic E-state index is -0.624. The first-order valence-corrected chi connectivity index (χ1v) is 10.3. The molecule has 1 aromatic rings. The summed E-state index contributed by atoms with van der Waals surface area (Å²) in [6.07, 6.45) is 13.1. The average Bonchev–Trinajstić information content (AvgIpc) is 2.61. The van der Waals surface area contributed by atoms with Crippen molar-refractivity contribution >= 4 is 29.1 Å². The fraction of sp³-hybridized carbons (Fsp3) is 0.619. The lowest BCUT2D eigenvalue weighted by molar-refractivity contribution is -0.136. The molecule has 0 radical (unpaired) electrons. The van der Waals surface area contributed by atoms with Crippen molar-refractivity contribution in [3.63, 3.8) is 0 Å². The number of nitrogens with one attached hydrogen (secondary N) is 2. The van der Waals surface area contributed by atoms with E-state index >= 15 is 0 Å². The van der Waals surface area contributed by atoms with Crippen LogP contribution in [0, 0.1) is 6.92 Å². The third-order valence-electron chi connectivity index (χ3n) is 5.16. The molecule has 2 amide bonds. The molecule has 1 aromatic carbocycles. The summed E-state index contributed by atoms with van der Waals surface area (Å²) >= 11 is 6.07. The molecule has 0 aromatic heterocycles. The van der Waals surface area contributed by atoms with Gasteiger partial charge in [-0.3, -0.25) is 9.59 Å². The Morgan fingerprint density at radius 3 is 2.00 bits per heavy atom. The summed E-state index contributed by atoms with van der Waals surface area (Å²) in [5.41, 5.74) is 1.35. The lowest BCUT2D eigenvalue weighted by Crippen LogP contribution is -2.42. The van der Waals surface area contributed by atoms with E-state index in [1.807, 2.05) is 6.92 Å². The van der Waals surface area contributed by atoms with Crippen LogP contribution in [-0.4, -0.2) is 17.9 Å². The summed E-state index contributed by atoms with van der Waals surface area (Å²) in [5.74, 6) is -1.18. The van der Waals surface area contributed by atoms with Gasteiger partial charge in [0.05, 0.1) is 0 Å². The SMILES string of the molecule is Cc1c(Cl)cccc1NC(=O)C(=O)NC1CCCCCCCCCCC1. The van der Waals surface area contributed by atoms with Gasteiger partial charge in [0.15, 0.2) is 0 Å². The number of carbonyl (C=O) groups is 2. The molecule has 0 saturated heterocycles. The van der Waals surface area contributed by atoms with E-state index in [0.717, 1.165) is 31.2 Å². The molecule has 1 saturated carbocycles. The van der Waals surface area contributed by atoms with E-state index in [2.05, 4.69) is 10.6 Å². The van der Waals surface area contributed by atoms with Gasteiger partial charge in [0.25, 0.3) is 0 Å². The lowest BCUT2D eigenvalue weighted by atomic mass is 9.98. The Kier molecular flexibility index (Phi) is 8.96. The minimum Gasteiger partial charge on any atom is -0.345 e. The highest BCUT2D eigenvalue weighted by molar-refractivity contribution is 6.40. The Bertz CT molecular complexity index is 592. The van der Waals surface area contributed by atoms with E-state index in [-0.39, 0.29) is 6.04 Å². The summed E-state index contributed by atoms with van der Waals surface area (Å²) in [4.78, 5) is 24.6. The molecule has 26 heavy (non-hydrogen) atoms. The molecular weight excluding hydrogens is 348 g/mol. The molecule has 0 spiro atoms. The third-order valence-corrected chi connectivity index (χ3v) is 5.57. The number of rotatable bonds is 2. The molecule has 0 atom stereocenters. The Morgan fingerprint density at radius 2 is 1.42 bits per heavy atom. The first-order valence-electron chi connectivity index (χ1n) is 9.95. The van der Waals surface area contributed by atoms with Crippen molar-refractivity contribution in [1.82, 2.24) is 5.32 Å². The third kappa shape index (κ3) is 6.99. The normalized spacial score (nSPS) is 17.6. The van der Waals surface area contributed by atoms with E-state index in [1.165, 1.54) is 44.9 Å². The Hall–Kier alpha value is -1.55. The lowest BCUT2D eigenvalue weighted by Gasteiger charge is -2.19. The zero-order valence-electron chi connectivity index (χ0n) is 15.8. The molecule has 1 aliphatic rings. The molecule has 1 fully saturated rings. The molecule has 0 heterocycles. The summed E-state index contributed by atoms with van der Waals surface area (Å²) in [5, 5.41) is 6.19. The van der Waals surface area contributed by atoms with Crippen molar-refractivity contribution in [2.45, 2.75) is 83.6 Å². The van der Waals surface area contributed by atoms with Crippen molar-refractivity contribution in [2.24, 2.45) is 0 Å². The minimum absolute atomic E-state index is 0.0909. The van der Waals surface area contributed by atoms with E-state index in [1.54, 1.807) is 18.2 Å². The number of hydrogen-bond donors (Lipinski definition) is 2. The number of anilines is 1. The smallest absolute Gasteiger partial charge is 0.313 e. The Morgan fingerprint density at radius 1 is 0.885 bits per heavy atom. The largest absolute Gasteiger partial charge is 0.345 e. The van der Waals surface area contributed by atoms with Gasteiger partial charge in [0, 0.05) is 16.8 Å². The number of amides is 2. The fourth-order valence-corrected chi connectivity index (χ4v) is 3.66. The second-order valence-corrected chi connectivity index (χ2v) is 7.70. The maximum atomic E-state index is 12.3. The molecule has 0 aliphatic heterocycles. The maximum absolute atomic E-state index is 12.3. The van der Waals surface area contributed by atoms with Gasteiger partial charge in [-0.1, -0.05) is 75.5 Å². The molecule has 5 heteroatoms. The fourth-order valence-electron chi connectivity index (χ4n) is 3.48. The Balaban J connectivity index is 1.88. The van der Waals surface area contributed by atoms with Crippen LogP contribution < -0.4 is 10.6 Å². The van der Waals surface area contributed by atoms with Crippen LogP contribution in [0.1, 0.15) is 76.2 Å². The summed E-state index contributed by atoms with van der Waals surface area (Å²) in [7, 11) is 0. The second kappa shape index (κ2) is 11.2. The van der Waals surface area contributed by atoms with Crippen LogP contribution in [0.4, 0.5) is 5.69 Å². The van der Waals surface area contributed by atoms with Crippen LogP contribution >= 0.6 is 11.6 Å². The van der Waals surface area contributed by atoms with E-state index in [9.17, 15) is 9.59 Å². The number of carbonyl (C=O) groups excluding carboxylic acids is 2. The predicted octanol–water partition coefficient (Wildman–Crippen LogP) is 5.38. The van der Waals surface area contributed by atoms with Crippen LogP contribution in [-0.2, 0) is 9.59 Å². The first kappa shape index (κ1) is 20.8. The van der Waals surface area contributed by atoms with E-state index < -0.39 is 11.8 Å². The van der Waals surface area contributed by atoms with Crippen LogP contribution in [0.15, 0.2) is 18.2 Å². The Labute approximate surface area is 162 Å².